The maximum absolute atomic E-state index is 6.21. The van der Waals surface area contributed by atoms with E-state index in [0.717, 1.165) is 12.3 Å². The van der Waals surface area contributed by atoms with Gasteiger partial charge in [0, 0.05) is 6.04 Å². The zero-order valence-corrected chi connectivity index (χ0v) is 11.8. The first-order valence-corrected chi connectivity index (χ1v) is 7.18. The Labute approximate surface area is 111 Å². The number of rotatable bonds is 5. The summed E-state index contributed by atoms with van der Waals surface area (Å²) in [6.07, 6.45) is 5.23. The first-order chi connectivity index (χ1) is 8.70. The van der Waals surface area contributed by atoms with E-state index in [9.17, 15) is 0 Å². The molecule has 0 radical (unpaired) electrons. The SMILES string of the molecule is CCCNC1CCCC1Oc1ccc(C)cc1C. The highest BCUT2D eigenvalue weighted by atomic mass is 16.5. The fourth-order valence-electron chi connectivity index (χ4n) is 2.72. The Balaban J connectivity index is 1.99. The Morgan fingerprint density at radius 3 is 2.83 bits per heavy atom. The van der Waals surface area contributed by atoms with Gasteiger partial charge in [0.25, 0.3) is 0 Å². The lowest BCUT2D eigenvalue weighted by molar-refractivity contribution is 0.174. The van der Waals surface area contributed by atoms with Gasteiger partial charge in [0.2, 0.25) is 0 Å². The van der Waals surface area contributed by atoms with Crippen LogP contribution in [0.25, 0.3) is 0 Å². The molecule has 1 saturated carbocycles. The first-order valence-electron chi connectivity index (χ1n) is 7.18. The Bertz CT molecular complexity index is 389. The molecule has 0 aromatic heterocycles. The second kappa shape index (κ2) is 6.24. The molecule has 0 amide bonds. The highest BCUT2D eigenvalue weighted by Crippen LogP contribution is 2.27. The third kappa shape index (κ3) is 3.26. The molecule has 0 spiro atoms. The van der Waals surface area contributed by atoms with E-state index in [2.05, 4.69) is 44.3 Å². The van der Waals surface area contributed by atoms with Gasteiger partial charge in [-0.15, -0.1) is 0 Å². The molecule has 2 nitrogen and oxygen atoms in total. The minimum absolute atomic E-state index is 0.345. The van der Waals surface area contributed by atoms with Crippen LogP contribution in [0, 0.1) is 13.8 Å². The van der Waals surface area contributed by atoms with E-state index in [4.69, 9.17) is 4.74 Å². The lowest BCUT2D eigenvalue weighted by atomic mass is 10.1. The van der Waals surface area contributed by atoms with Crippen LogP contribution in [0.5, 0.6) is 5.75 Å². The fraction of sp³-hybridized carbons (Fsp3) is 0.625. The summed E-state index contributed by atoms with van der Waals surface area (Å²) in [4.78, 5) is 0. The van der Waals surface area contributed by atoms with E-state index in [0.29, 0.717) is 12.1 Å². The largest absolute Gasteiger partial charge is 0.489 e. The summed E-state index contributed by atoms with van der Waals surface area (Å²) < 4.78 is 6.21. The predicted octanol–water partition coefficient (Wildman–Crippen LogP) is 3.60. The van der Waals surface area contributed by atoms with E-state index >= 15 is 0 Å². The average molecular weight is 247 g/mol. The Morgan fingerprint density at radius 2 is 2.11 bits per heavy atom. The molecule has 0 bridgehead atoms. The molecule has 2 heteroatoms. The Hall–Kier alpha value is -1.02. The number of hydrogen-bond acceptors (Lipinski definition) is 2. The predicted molar refractivity (Wildman–Crippen MR) is 76.3 cm³/mol. The van der Waals surface area contributed by atoms with E-state index in [1.54, 1.807) is 0 Å². The molecule has 1 fully saturated rings. The van der Waals surface area contributed by atoms with Crippen molar-refractivity contribution in [2.75, 3.05) is 6.54 Å². The number of nitrogens with one attached hydrogen (secondary N) is 1. The molecule has 2 rings (SSSR count). The summed E-state index contributed by atoms with van der Waals surface area (Å²) in [6.45, 7) is 7.56. The molecule has 1 aliphatic rings. The molecule has 1 aromatic carbocycles. The average Bonchev–Trinajstić information content (AvgIpc) is 2.77. The van der Waals surface area contributed by atoms with Crippen LogP contribution in [0.1, 0.15) is 43.7 Å². The standard InChI is InChI=1S/C16H25NO/c1-4-10-17-14-6-5-7-16(14)18-15-9-8-12(2)11-13(15)3/h8-9,11,14,16-17H,4-7,10H2,1-3H3. The lowest BCUT2D eigenvalue weighted by Gasteiger charge is -2.23. The van der Waals surface area contributed by atoms with Crippen molar-refractivity contribution in [3.63, 3.8) is 0 Å². The lowest BCUT2D eigenvalue weighted by Crippen LogP contribution is -2.39. The van der Waals surface area contributed by atoms with Crippen molar-refractivity contribution in [3.8, 4) is 5.75 Å². The van der Waals surface area contributed by atoms with Gasteiger partial charge >= 0.3 is 0 Å². The Morgan fingerprint density at radius 1 is 1.28 bits per heavy atom. The van der Waals surface area contributed by atoms with E-state index in [-0.39, 0.29) is 0 Å². The molecular weight excluding hydrogens is 222 g/mol. The van der Waals surface area contributed by atoms with Crippen LogP contribution in [0.15, 0.2) is 18.2 Å². The van der Waals surface area contributed by atoms with Gasteiger partial charge in [0.15, 0.2) is 0 Å². The van der Waals surface area contributed by atoms with Crippen LogP contribution in [0.4, 0.5) is 0 Å². The third-order valence-corrected chi connectivity index (χ3v) is 3.72. The zero-order valence-electron chi connectivity index (χ0n) is 11.8. The van der Waals surface area contributed by atoms with Gasteiger partial charge in [-0.25, -0.2) is 0 Å². The molecule has 2 unspecified atom stereocenters. The summed E-state index contributed by atoms with van der Waals surface area (Å²) in [5.74, 6) is 1.05. The van der Waals surface area contributed by atoms with Gasteiger partial charge in [-0.1, -0.05) is 24.6 Å². The molecule has 0 saturated heterocycles. The minimum Gasteiger partial charge on any atom is -0.489 e. The quantitative estimate of drug-likeness (QED) is 0.858. The van der Waals surface area contributed by atoms with Gasteiger partial charge in [0.05, 0.1) is 0 Å². The van der Waals surface area contributed by atoms with E-state index < -0.39 is 0 Å². The van der Waals surface area contributed by atoms with Crippen molar-refractivity contribution >= 4 is 0 Å². The summed E-state index contributed by atoms with van der Waals surface area (Å²) >= 11 is 0. The molecule has 2 atom stereocenters. The van der Waals surface area contributed by atoms with Crippen LogP contribution in [0.2, 0.25) is 0 Å². The van der Waals surface area contributed by atoms with Crippen LogP contribution in [-0.4, -0.2) is 18.7 Å². The highest BCUT2D eigenvalue weighted by Gasteiger charge is 2.28. The summed E-state index contributed by atoms with van der Waals surface area (Å²) in [6, 6.07) is 6.97. The molecule has 1 aliphatic carbocycles. The van der Waals surface area contributed by atoms with Crippen molar-refractivity contribution in [2.45, 2.75) is 58.6 Å². The zero-order chi connectivity index (χ0) is 13.0. The minimum atomic E-state index is 0.345. The van der Waals surface area contributed by atoms with Crippen molar-refractivity contribution in [1.29, 1.82) is 0 Å². The number of aryl methyl sites for hydroxylation is 2. The maximum Gasteiger partial charge on any atom is 0.122 e. The van der Waals surface area contributed by atoms with Crippen molar-refractivity contribution in [2.24, 2.45) is 0 Å². The smallest absolute Gasteiger partial charge is 0.122 e. The maximum atomic E-state index is 6.21. The molecular formula is C16H25NO. The van der Waals surface area contributed by atoms with Crippen molar-refractivity contribution in [3.05, 3.63) is 29.3 Å². The molecule has 1 aromatic rings. The molecule has 18 heavy (non-hydrogen) atoms. The van der Waals surface area contributed by atoms with E-state index in [1.165, 1.54) is 36.8 Å². The molecule has 100 valence electrons. The Kier molecular flexibility index (Phi) is 4.65. The third-order valence-electron chi connectivity index (χ3n) is 3.72. The summed E-state index contributed by atoms with van der Waals surface area (Å²) in [5.41, 5.74) is 2.54. The van der Waals surface area contributed by atoms with Gasteiger partial charge in [-0.2, -0.15) is 0 Å². The second-order valence-corrected chi connectivity index (χ2v) is 5.42. The number of benzene rings is 1. The van der Waals surface area contributed by atoms with Crippen LogP contribution in [-0.2, 0) is 0 Å². The van der Waals surface area contributed by atoms with Crippen molar-refractivity contribution in [1.82, 2.24) is 5.32 Å². The molecule has 0 aliphatic heterocycles. The monoisotopic (exact) mass is 247 g/mol. The van der Waals surface area contributed by atoms with Crippen molar-refractivity contribution < 1.29 is 4.74 Å². The van der Waals surface area contributed by atoms with Gasteiger partial charge in [-0.3, -0.25) is 0 Å². The second-order valence-electron chi connectivity index (χ2n) is 5.42. The number of hydrogen-bond donors (Lipinski definition) is 1. The van der Waals surface area contributed by atoms with Crippen LogP contribution in [0.3, 0.4) is 0 Å². The summed E-state index contributed by atoms with van der Waals surface area (Å²) in [5, 5.41) is 3.61. The topological polar surface area (TPSA) is 21.3 Å². The van der Waals surface area contributed by atoms with Gasteiger partial charge < -0.3 is 10.1 Å². The summed E-state index contributed by atoms with van der Waals surface area (Å²) in [7, 11) is 0. The fourth-order valence-corrected chi connectivity index (χ4v) is 2.72. The van der Waals surface area contributed by atoms with Crippen LogP contribution < -0.4 is 10.1 Å². The first kappa shape index (κ1) is 13.4. The molecule has 0 heterocycles. The molecule has 1 N–H and O–H groups in total. The highest BCUT2D eigenvalue weighted by molar-refractivity contribution is 5.35. The van der Waals surface area contributed by atoms with Gasteiger partial charge in [-0.05, 0) is 57.7 Å². The van der Waals surface area contributed by atoms with E-state index in [1.807, 2.05) is 0 Å². The van der Waals surface area contributed by atoms with Gasteiger partial charge in [0.1, 0.15) is 11.9 Å². The number of ether oxygens (including phenoxy) is 1. The normalized spacial score (nSPS) is 23.3. The van der Waals surface area contributed by atoms with Crippen LogP contribution >= 0.6 is 0 Å².